The Balaban J connectivity index is 1.43. The number of aryl methyl sites for hydroxylation is 1. The van der Waals surface area contributed by atoms with Crippen LogP contribution < -0.4 is 11.1 Å². The number of halogens is 1. The van der Waals surface area contributed by atoms with Gasteiger partial charge in [-0.2, -0.15) is 0 Å². The van der Waals surface area contributed by atoms with Gasteiger partial charge in [-0.1, -0.05) is 45.8 Å². The van der Waals surface area contributed by atoms with Gasteiger partial charge in [0.15, 0.2) is 17.5 Å². The van der Waals surface area contributed by atoms with E-state index in [2.05, 4.69) is 26.4 Å². The van der Waals surface area contributed by atoms with E-state index in [1.54, 1.807) is 6.92 Å². The van der Waals surface area contributed by atoms with Crippen molar-refractivity contribution in [1.82, 2.24) is 20.2 Å². The van der Waals surface area contributed by atoms with Crippen LogP contribution in [0, 0.1) is 24.7 Å². The number of nitrogen functional groups attached to an aromatic ring is 1. The molecule has 2 aromatic rings. The number of hydrogen-bond donors (Lipinski definition) is 4. The number of rotatable bonds is 11. The number of carbonyl (C=O) groups excluding carboxylic acids is 2. The number of aliphatic carboxylic acids is 2. The number of carboxylic acid groups (broad SMARTS) is 2. The van der Waals surface area contributed by atoms with E-state index in [4.69, 9.17) is 33.7 Å². The zero-order valence-electron chi connectivity index (χ0n) is 20.6. The first-order valence-corrected chi connectivity index (χ1v) is 15.3. The Hall–Kier alpha value is -3.04. The molecule has 18 heteroatoms. The molecule has 2 aliphatic rings. The molecule has 2 saturated heterocycles. The number of nitrogens with one attached hydrogen (secondary N) is 1. The third-order valence-electron chi connectivity index (χ3n) is 5.89. The molecule has 2 amide bonds. The van der Waals surface area contributed by atoms with Gasteiger partial charge >= 0.3 is 11.9 Å². The highest BCUT2D eigenvalue weighted by Crippen LogP contribution is 2.45. The van der Waals surface area contributed by atoms with E-state index < -0.39 is 40.6 Å². The number of hydrogen-bond acceptors (Lipinski definition) is 13. The molecule has 2 aromatic heterocycles. The molecular weight excluding hydrogens is 624 g/mol. The van der Waals surface area contributed by atoms with Crippen molar-refractivity contribution in [3.8, 4) is 12.3 Å². The van der Waals surface area contributed by atoms with Crippen molar-refractivity contribution in [2.24, 2.45) is 10.6 Å². The average molecular weight is 645 g/mol. The van der Waals surface area contributed by atoms with Crippen molar-refractivity contribution in [3.05, 3.63) is 20.6 Å². The molecule has 5 N–H and O–H groups in total. The average Bonchev–Trinajstić information content (AvgIpc) is 3.42. The van der Waals surface area contributed by atoms with Gasteiger partial charge in [-0.3, -0.25) is 19.2 Å². The fourth-order valence-electron chi connectivity index (χ4n) is 3.87. The number of nitrogens with two attached hydrogens (primary N) is 1. The molecule has 4 rings (SSSR count). The quantitative estimate of drug-likeness (QED) is 0.0686. The number of carbonyl (C=O) groups is 4. The lowest BCUT2D eigenvalue weighted by molar-refractivity contribution is -0.157. The van der Waals surface area contributed by atoms with Crippen molar-refractivity contribution in [1.29, 1.82) is 0 Å². The summed E-state index contributed by atoms with van der Waals surface area (Å²) in [7, 11) is 0. The maximum absolute atomic E-state index is 13.1. The highest BCUT2D eigenvalue weighted by Gasteiger charge is 2.57. The summed E-state index contributed by atoms with van der Waals surface area (Å²) >= 11 is 10.7. The molecule has 0 radical (unpaired) electrons. The van der Waals surface area contributed by atoms with Gasteiger partial charge in [-0.15, -0.1) is 29.5 Å². The lowest BCUT2D eigenvalue weighted by Crippen LogP contribution is -2.74. The fourth-order valence-corrected chi connectivity index (χ4v) is 8.88. The minimum absolute atomic E-state index is 0.0236. The van der Waals surface area contributed by atoms with E-state index in [0.717, 1.165) is 11.3 Å². The molecule has 3 atom stereocenters. The molecule has 2 fully saturated rings. The Morgan fingerprint density at radius 1 is 1.38 bits per heavy atom. The Morgan fingerprint density at radius 2 is 2.12 bits per heavy atom. The summed E-state index contributed by atoms with van der Waals surface area (Å²) in [5, 5.41) is 25.1. The van der Waals surface area contributed by atoms with E-state index in [1.807, 2.05) is 0 Å². The van der Waals surface area contributed by atoms with Crippen LogP contribution in [0.5, 0.6) is 0 Å². The van der Waals surface area contributed by atoms with Gasteiger partial charge in [0.2, 0.25) is 5.91 Å². The van der Waals surface area contributed by atoms with Gasteiger partial charge in [0.25, 0.3) is 5.91 Å². The van der Waals surface area contributed by atoms with Crippen LogP contribution in [-0.4, -0.2) is 90.6 Å². The first-order valence-electron chi connectivity index (χ1n) is 11.3. The van der Waals surface area contributed by atoms with E-state index in [1.165, 1.54) is 39.8 Å². The number of β-lactam (4-membered cyclic amide) rings is 1. The molecule has 2 unspecified atom stereocenters. The number of nitrogens with zero attached hydrogens (tertiary/aromatic N) is 4. The van der Waals surface area contributed by atoms with Crippen LogP contribution in [0.25, 0.3) is 0 Å². The lowest BCUT2D eigenvalue weighted by Gasteiger charge is -2.53. The van der Waals surface area contributed by atoms with Crippen LogP contribution in [0.3, 0.4) is 0 Å². The smallest absolute Gasteiger partial charge is 0.313 e. The van der Waals surface area contributed by atoms with Crippen LogP contribution in [0.15, 0.2) is 9.50 Å². The lowest BCUT2D eigenvalue weighted by atomic mass is 9.89. The highest BCUT2D eigenvalue weighted by molar-refractivity contribution is 8.01. The maximum Gasteiger partial charge on any atom is 0.313 e. The van der Waals surface area contributed by atoms with Gasteiger partial charge < -0.3 is 31.0 Å². The number of fused-ring (bicyclic) bond motifs is 1. The Bertz CT molecular complexity index is 1440. The normalized spacial score (nSPS) is 22.2. The molecule has 0 aliphatic carbocycles. The number of anilines is 1. The predicted octanol–water partition coefficient (Wildman–Crippen LogP) is 1.39. The minimum Gasteiger partial charge on any atom is -0.481 e. The van der Waals surface area contributed by atoms with E-state index in [0.29, 0.717) is 14.9 Å². The zero-order chi connectivity index (χ0) is 29.2. The monoisotopic (exact) mass is 644 g/mol. The number of thiazole rings is 2. The van der Waals surface area contributed by atoms with Crippen LogP contribution in [0.2, 0.25) is 4.34 Å². The largest absolute Gasteiger partial charge is 0.481 e. The summed E-state index contributed by atoms with van der Waals surface area (Å²) in [6.07, 6.45) is 5.00. The molecule has 40 heavy (non-hydrogen) atoms. The van der Waals surface area contributed by atoms with E-state index in [9.17, 15) is 24.3 Å². The molecule has 2 aliphatic heterocycles. The Labute approximate surface area is 248 Å². The fraction of sp³-hybridized carbons (Fsp3) is 0.409. The SMILES string of the molecule is C#CCON=C(C(=O)NC1C(=O)N2CC(CSc3nc(C)c(CC(=O)O)s3)(C(=O)O)CS[C@H]12)c1nc(N)sc1Cl. The zero-order valence-corrected chi connectivity index (χ0v) is 24.6. The third-order valence-corrected chi connectivity index (χ3v) is 11.1. The van der Waals surface area contributed by atoms with E-state index in [-0.39, 0.29) is 52.0 Å². The molecule has 0 saturated carbocycles. The summed E-state index contributed by atoms with van der Waals surface area (Å²) < 4.78 is 0.653. The predicted molar refractivity (Wildman–Crippen MR) is 152 cm³/mol. The molecule has 0 bridgehead atoms. The first kappa shape index (κ1) is 29.9. The van der Waals surface area contributed by atoms with Crippen molar-refractivity contribution in [2.45, 2.75) is 29.1 Å². The van der Waals surface area contributed by atoms with Gasteiger partial charge in [0.1, 0.15) is 31.2 Å². The van der Waals surface area contributed by atoms with Crippen LogP contribution >= 0.6 is 57.8 Å². The van der Waals surface area contributed by atoms with Crippen molar-refractivity contribution in [2.75, 3.05) is 30.4 Å². The summed E-state index contributed by atoms with van der Waals surface area (Å²) in [5.41, 5.74) is 4.66. The van der Waals surface area contributed by atoms with Crippen molar-refractivity contribution in [3.63, 3.8) is 0 Å². The molecule has 0 aromatic carbocycles. The van der Waals surface area contributed by atoms with Gasteiger partial charge in [0.05, 0.1) is 12.1 Å². The first-order chi connectivity index (χ1) is 19.0. The molecule has 212 valence electrons. The topological polar surface area (TPSA) is 197 Å². The second-order valence-electron chi connectivity index (χ2n) is 8.64. The molecular formula is C22H21ClN6O7S4. The summed E-state index contributed by atoms with van der Waals surface area (Å²) in [6, 6.07) is -0.940. The maximum atomic E-state index is 13.1. The second kappa shape index (κ2) is 12.2. The van der Waals surface area contributed by atoms with Crippen LogP contribution in [-0.2, 0) is 30.4 Å². The van der Waals surface area contributed by atoms with Gasteiger partial charge in [0, 0.05) is 22.9 Å². The molecule has 4 heterocycles. The summed E-state index contributed by atoms with van der Waals surface area (Å²) in [6.45, 7) is 1.42. The third kappa shape index (κ3) is 6.15. The number of thioether (sulfide) groups is 2. The van der Waals surface area contributed by atoms with Gasteiger partial charge in [-0.05, 0) is 6.92 Å². The number of oxime groups is 1. The standard InChI is InChI=1S/C22H21ClN6O7S4/c1-3-4-36-28-13(12-15(23)40-20(24)27-12)16(32)26-14-17(33)29-6-22(19(34)35,7-37-18(14)29)8-38-21-25-9(2)10(39-21)5-11(30)31/h1,14,18H,4-8H2,2H3,(H2,24,27)(H,26,32)(H,30,31)(H,34,35)/t14?,18-,22?/m1/s1. The van der Waals surface area contributed by atoms with Crippen molar-refractivity contribution >= 4 is 92.4 Å². The number of amides is 2. The second-order valence-corrected chi connectivity index (χ2v) is 13.7. The highest BCUT2D eigenvalue weighted by atomic mass is 35.5. The van der Waals surface area contributed by atoms with Crippen LogP contribution in [0.4, 0.5) is 5.13 Å². The summed E-state index contributed by atoms with van der Waals surface area (Å²) in [5.74, 6) is -0.786. The summed E-state index contributed by atoms with van der Waals surface area (Å²) in [4.78, 5) is 64.9. The number of terminal acetylenes is 1. The van der Waals surface area contributed by atoms with Crippen LogP contribution in [0.1, 0.15) is 16.3 Å². The van der Waals surface area contributed by atoms with Gasteiger partial charge in [-0.25, -0.2) is 9.97 Å². The Kier molecular flexibility index (Phi) is 9.15. The molecule has 13 nitrogen and oxygen atoms in total. The Morgan fingerprint density at radius 3 is 2.75 bits per heavy atom. The molecule has 0 spiro atoms. The van der Waals surface area contributed by atoms with Crippen molar-refractivity contribution < 1.29 is 34.2 Å². The minimum atomic E-state index is -1.27. The number of aromatic nitrogens is 2. The number of carboxylic acids is 2. The van der Waals surface area contributed by atoms with E-state index >= 15 is 0 Å².